The summed E-state index contributed by atoms with van der Waals surface area (Å²) < 4.78 is 0.706. The summed E-state index contributed by atoms with van der Waals surface area (Å²) in [4.78, 5) is 7.69. The van der Waals surface area contributed by atoms with Gasteiger partial charge in [-0.3, -0.25) is 0 Å². The molecule has 0 saturated heterocycles. The third-order valence-electron chi connectivity index (χ3n) is 1.57. The van der Waals surface area contributed by atoms with E-state index in [2.05, 4.69) is 32.0 Å². The minimum atomic E-state index is 0.0440. The first-order valence-corrected chi connectivity index (χ1v) is 4.57. The lowest BCUT2D eigenvalue weighted by Gasteiger charge is -1.91. The molecule has 64 valence electrons. The van der Waals surface area contributed by atoms with Crippen molar-refractivity contribution in [2.45, 2.75) is 0 Å². The summed E-state index contributed by atoms with van der Waals surface area (Å²) in [6.07, 6.45) is 5.76. The SMILES string of the molecule is OC1=c2nc(Cl)ncc2=C(Br)[C+]=C1. The van der Waals surface area contributed by atoms with Gasteiger partial charge in [0.1, 0.15) is 11.3 Å². The molecule has 0 fully saturated rings. The van der Waals surface area contributed by atoms with Crippen LogP contribution in [0.15, 0.2) is 12.3 Å². The highest BCUT2D eigenvalue weighted by molar-refractivity contribution is 9.15. The Labute approximate surface area is 87.2 Å². The molecule has 0 atom stereocenters. The highest BCUT2D eigenvalue weighted by Gasteiger charge is 2.14. The Morgan fingerprint density at radius 2 is 2.31 bits per heavy atom. The molecular weight excluding hydrogens is 255 g/mol. The molecule has 0 unspecified atom stereocenters. The monoisotopic (exact) mass is 257 g/mol. The molecule has 0 amide bonds. The van der Waals surface area contributed by atoms with Crippen molar-refractivity contribution >= 4 is 37.8 Å². The second-order valence-electron chi connectivity index (χ2n) is 2.39. The van der Waals surface area contributed by atoms with E-state index in [-0.39, 0.29) is 11.0 Å². The van der Waals surface area contributed by atoms with Crippen LogP contribution in [0.2, 0.25) is 5.28 Å². The van der Waals surface area contributed by atoms with Gasteiger partial charge >= 0.3 is 0 Å². The van der Waals surface area contributed by atoms with Gasteiger partial charge in [-0.05, 0) is 27.5 Å². The summed E-state index contributed by atoms with van der Waals surface area (Å²) in [7, 11) is 0. The maximum atomic E-state index is 9.42. The van der Waals surface area contributed by atoms with Crippen molar-refractivity contribution < 1.29 is 5.11 Å². The fourth-order valence-electron chi connectivity index (χ4n) is 0.994. The Kier molecular flexibility index (Phi) is 2.04. The smallest absolute Gasteiger partial charge is 0.258 e. The highest BCUT2D eigenvalue weighted by Crippen LogP contribution is 2.07. The van der Waals surface area contributed by atoms with E-state index in [1.54, 1.807) is 0 Å². The zero-order chi connectivity index (χ0) is 9.42. The molecular formula is C8H3BrClN2O+. The van der Waals surface area contributed by atoms with E-state index < -0.39 is 0 Å². The molecule has 1 N–H and O–H groups in total. The molecule has 0 radical (unpaired) electrons. The predicted octanol–water partition coefficient (Wildman–Crippen LogP) is 0.672. The predicted molar refractivity (Wildman–Crippen MR) is 52.5 cm³/mol. The Morgan fingerprint density at radius 1 is 1.54 bits per heavy atom. The average molecular weight is 258 g/mol. The summed E-state index contributed by atoms with van der Waals surface area (Å²) in [5.41, 5.74) is 0. The largest absolute Gasteiger partial charge is 0.446 e. The molecule has 13 heavy (non-hydrogen) atoms. The normalized spacial score (nSPS) is 14.0. The van der Waals surface area contributed by atoms with Crippen molar-refractivity contribution in [2.24, 2.45) is 0 Å². The van der Waals surface area contributed by atoms with Gasteiger partial charge in [-0.15, -0.1) is 0 Å². The van der Waals surface area contributed by atoms with E-state index >= 15 is 0 Å². The van der Waals surface area contributed by atoms with Crippen LogP contribution in [0.3, 0.4) is 0 Å². The number of hydrogen-bond acceptors (Lipinski definition) is 3. The van der Waals surface area contributed by atoms with Gasteiger partial charge in [0.15, 0.2) is 4.48 Å². The molecule has 1 aliphatic carbocycles. The van der Waals surface area contributed by atoms with Crippen LogP contribution in [-0.4, -0.2) is 15.1 Å². The van der Waals surface area contributed by atoms with Crippen LogP contribution < -0.4 is 10.6 Å². The number of aromatic nitrogens is 2. The van der Waals surface area contributed by atoms with Crippen molar-refractivity contribution in [3.63, 3.8) is 0 Å². The maximum absolute atomic E-state index is 9.42. The Bertz CT molecular complexity index is 509. The van der Waals surface area contributed by atoms with Gasteiger partial charge in [0.05, 0.1) is 12.3 Å². The second kappa shape index (κ2) is 3.07. The third-order valence-corrected chi connectivity index (χ3v) is 2.41. The van der Waals surface area contributed by atoms with Crippen LogP contribution in [0.25, 0.3) is 10.2 Å². The lowest BCUT2D eigenvalue weighted by atomic mass is 10.2. The Balaban J connectivity index is 2.99. The van der Waals surface area contributed by atoms with E-state index in [9.17, 15) is 5.11 Å². The number of allylic oxidation sites excluding steroid dienone is 1. The van der Waals surface area contributed by atoms with Crippen molar-refractivity contribution in [3.05, 3.63) is 34.2 Å². The van der Waals surface area contributed by atoms with Gasteiger partial charge in [-0.2, -0.15) is 4.98 Å². The molecule has 0 aliphatic heterocycles. The minimum Gasteiger partial charge on any atom is -0.446 e. The lowest BCUT2D eigenvalue weighted by molar-refractivity contribution is 0.508. The van der Waals surface area contributed by atoms with Gasteiger partial charge in [0.25, 0.3) is 5.76 Å². The summed E-state index contributed by atoms with van der Waals surface area (Å²) in [5, 5.41) is 10.6. The van der Waals surface area contributed by atoms with Gasteiger partial charge in [0, 0.05) is 0 Å². The first-order chi connectivity index (χ1) is 6.18. The number of halogens is 2. The standard InChI is InChI=1S/C8H2BrClN2O/c9-5-1-2-6(13)7-4(5)3-11-8(10)12-7/h2-3H/p+1. The number of aliphatic hydroxyl groups excluding tert-OH is 1. The topological polar surface area (TPSA) is 46.0 Å². The molecule has 1 heterocycles. The number of nitrogens with zero attached hydrogens (tertiary/aromatic N) is 2. The van der Waals surface area contributed by atoms with E-state index in [1.165, 1.54) is 12.3 Å². The van der Waals surface area contributed by atoms with Crippen LogP contribution in [0.5, 0.6) is 0 Å². The number of fused-ring (bicyclic) bond motifs is 1. The fourth-order valence-corrected chi connectivity index (χ4v) is 1.53. The molecule has 0 spiro atoms. The fraction of sp³-hybridized carbons (Fsp3) is 0. The molecule has 1 aliphatic rings. The van der Waals surface area contributed by atoms with Gasteiger partial charge in [0.2, 0.25) is 10.6 Å². The van der Waals surface area contributed by atoms with Crippen molar-refractivity contribution in [1.82, 2.24) is 9.97 Å². The summed E-state index contributed by atoms with van der Waals surface area (Å²) >= 11 is 8.85. The van der Waals surface area contributed by atoms with Gasteiger partial charge in [-0.25, -0.2) is 4.98 Å². The van der Waals surface area contributed by atoms with Crippen LogP contribution in [-0.2, 0) is 0 Å². The minimum absolute atomic E-state index is 0.0440. The summed E-state index contributed by atoms with van der Waals surface area (Å²) in [6, 6.07) is 0. The van der Waals surface area contributed by atoms with E-state index in [1.807, 2.05) is 0 Å². The number of rotatable bonds is 0. The van der Waals surface area contributed by atoms with Crippen LogP contribution in [0.1, 0.15) is 0 Å². The average Bonchev–Trinajstić information content (AvgIpc) is 2.12. The molecule has 1 aromatic heterocycles. The maximum Gasteiger partial charge on any atom is 0.258 e. The molecule has 0 saturated carbocycles. The van der Waals surface area contributed by atoms with Crippen LogP contribution >= 0.6 is 27.5 Å². The molecule has 5 heteroatoms. The van der Waals surface area contributed by atoms with Gasteiger partial charge in [-0.1, -0.05) is 0 Å². The Morgan fingerprint density at radius 3 is 3.08 bits per heavy atom. The molecule has 0 aromatic carbocycles. The van der Waals surface area contributed by atoms with Crippen molar-refractivity contribution in [1.29, 1.82) is 0 Å². The van der Waals surface area contributed by atoms with E-state index in [4.69, 9.17) is 11.6 Å². The van der Waals surface area contributed by atoms with Crippen LogP contribution in [0, 0.1) is 6.08 Å². The second-order valence-corrected chi connectivity index (χ2v) is 3.52. The molecule has 1 aromatic rings. The van der Waals surface area contributed by atoms with Crippen LogP contribution in [0.4, 0.5) is 0 Å². The first-order valence-electron chi connectivity index (χ1n) is 3.40. The lowest BCUT2D eigenvalue weighted by Crippen LogP contribution is -2.33. The Hall–Kier alpha value is -0.960. The number of hydrogen-bond donors (Lipinski definition) is 1. The van der Waals surface area contributed by atoms with E-state index in [0.29, 0.717) is 15.1 Å². The zero-order valence-electron chi connectivity index (χ0n) is 6.25. The first kappa shape index (κ1) is 8.63. The molecule has 0 bridgehead atoms. The van der Waals surface area contributed by atoms with Gasteiger partial charge < -0.3 is 5.11 Å². The third kappa shape index (κ3) is 1.44. The zero-order valence-corrected chi connectivity index (χ0v) is 8.59. The summed E-state index contributed by atoms with van der Waals surface area (Å²) in [6.45, 7) is 0. The quantitative estimate of drug-likeness (QED) is 0.550. The van der Waals surface area contributed by atoms with Crippen molar-refractivity contribution in [2.75, 3.05) is 0 Å². The van der Waals surface area contributed by atoms with E-state index in [0.717, 1.165) is 0 Å². The van der Waals surface area contributed by atoms with Crippen molar-refractivity contribution in [3.8, 4) is 0 Å². The number of aliphatic hydroxyl groups is 1. The molecule has 2 rings (SSSR count). The molecule has 3 nitrogen and oxygen atoms in total. The highest BCUT2D eigenvalue weighted by atomic mass is 79.9. The summed E-state index contributed by atoms with van der Waals surface area (Å²) in [5.74, 6) is 0.0440.